The molecule has 0 aliphatic carbocycles. The van der Waals surface area contributed by atoms with Crippen molar-refractivity contribution in [3.05, 3.63) is 20.3 Å². The molecule has 1 heterocycles. The molecule has 0 spiro atoms. The molecule has 0 saturated carbocycles. The van der Waals surface area contributed by atoms with E-state index in [1.54, 1.807) is 0 Å². The van der Waals surface area contributed by atoms with E-state index >= 15 is 0 Å². The van der Waals surface area contributed by atoms with Gasteiger partial charge in [0.25, 0.3) is 5.91 Å². The van der Waals surface area contributed by atoms with Gasteiger partial charge in [-0.3, -0.25) is 9.59 Å². The summed E-state index contributed by atoms with van der Waals surface area (Å²) < 4.78 is 0.661. The van der Waals surface area contributed by atoms with E-state index in [4.69, 9.17) is 28.3 Å². The van der Waals surface area contributed by atoms with Crippen LogP contribution in [0.2, 0.25) is 8.67 Å². The van der Waals surface area contributed by atoms with Crippen LogP contribution in [-0.4, -0.2) is 35.5 Å². The van der Waals surface area contributed by atoms with E-state index < -0.39 is 11.9 Å². The third kappa shape index (κ3) is 3.09. The van der Waals surface area contributed by atoms with Crippen LogP contribution in [0.3, 0.4) is 0 Å². The molecule has 0 radical (unpaired) electrons. The van der Waals surface area contributed by atoms with Crippen LogP contribution < -0.4 is 0 Å². The smallest absolute Gasteiger partial charge is 0.323 e. The first-order valence-electron chi connectivity index (χ1n) is 3.84. The van der Waals surface area contributed by atoms with Crippen LogP contribution in [-0.2, 0) is 4.79 Å². The number of amides is 1. The molecule has 0 unspecified atom stereocenters. The molecule has 1 aromatic rings. The first-order chi connectivity index (χ1) is 6.91. The van der Waals surface area contributed by atoms with Crippen LogP contribution in [0.15, 0.2) is 6.07 Å². The van der Waals surface area contributed by atoms with Crippen LogP contribution in [0.4, 0.5) is 0 Å². The highest BCUT2D eigenvalue weighted by atomic mass is 35.5. The number of carboxylic acids is 1. The predicted octanol–water partition coefficient (Wildman–Crippen LogP) is 2.21. The number of carbonyl (C=O) groups excluding carboxylic acids is 1. The van der Waals surface area contributed by atoms with E-state index in [0.29, 0.717) is 4.34 Å². The molecule has 4 nitrogen and oxygen atoms in total. The highest BCUT2D eigenvalue weighted by molar-refractivity contribution is 7.20. The van der Waals surface area contributed by atoms with Crippen LogP contribution in [0.25, 0.3) is 0 Å². The second-order valence-corrected chi connectivity index (χ2v) is 5.08. The number of likely N-dealkylation sites (N-methyl/N-ethyl adjacent to an activating group) is 1. The van der Waals surface area contributed by atoms with Gasteiger partial charge in [0.2, 0.25) is 0 Å². The third-order valence-corrected chi connectivity index (χ3v) is 3.09. The molecule has 7 heteroatoms. The summed E-state index contributed by atoms with van der Waals surface area (Å²) in [6.07, 6.45) is 0. The zero-order valence-corrected chi connectivity index (χ0v) is 9.99. The maximum Gasteiger partial charge on any atom is 0.323 e. The summed E-state index contributed by atoms with van der Waals surface area (Å²) in [6.45, 7) is -0.372. The van der Waals surface area contributed by atoms with Gasteiger partial charge >= 0.3 is 5.97 Å². The van der Waals surface area contributed by atoms with E-state index in [1.807, 2.05) is 0 Å². The summed E-state index contributed by atoms with van der Waals surface area (Å²) >= 11 is 12.5. The van der Waals surface area contributed by atoms with Gasteiger partial charge in [-0.25, -0.2) is 0 Å². The van der Waals surface area contributed by atoms with Crippen molar-refractivity contribution < 1.29 is 14.7 Å². The standard InChI is InChI=1S/C8H7Cl2NO3S/c1-11(3-6(12)13)8(14)4-2-5(9)15-7(4)10/h2H,3H2,1H3,(H,12,13). The number of hydrogen-bond donors (Lipinski definition) is 1. The van der Waals surface area contributed by atoms with Crippen LogP contribution in [0.5, 0.6) is 0 Å². The molecular weight excluding hydrogens is 261 g/mol. The predicted molar refractivity (Wildman–Crippen MR) is 58.9 cm³/mol. The Morgan fingerprint density at radius 1 is 1.53 bits per heavy atom. The first-order valence-corrected chi connectivity index (χ1v) is 5.41. The highest BCUT2D eigenvalue weighted by Gasteiger charge is 2.19. The summed E-state index contributed by atoms with van der Waals surface area (Å²) in [7, 11) is 1.39. The summed E-state index contributed by atoms with van der Waals surface area (Å²) in [5.41, 5.74) is 0.232. The van der Waals surface area contributed by atoms with Crippen molar-refractivity contribution >= 4 is 46.4 Å². The SMILES string of the molecule is CN(CC(=O)O)C(=O)c1cc(Cl)sc1Cl. The van der Waals surface area contributed by atoms with E-state index in [1.165, 1.54) is 13.1 Å². The summed E-state index contributed by atoms with van der Waals surface area (Å²) in [6, 6.07) is 1.43. The van der Waals surface area contributed by atoms with Gasteiger partial charge in [0.1, 0.15) is 10.9 Å². The topological polar surface area (TPSA) is 57.6 Å². The average molecular weight is 268 g/mol. The van der Waals surface area contributed by atoms with E-state index in [9.17, 15) is 9.59 Å². The maximum atomic E-state index is 11.6. The summed E-state index contributed by atoms with van der Waals surface area (Å²) in [4.78, 5) is 23.1. The number of carboxylic acid groups (broad SMARTS) is 1. The molecular formula is C8H7Cl2NO3S. The van der Waals surface area contributed by atoms with E-state index in [2.05, 4.69) is 0 Å². The van der Waals surface area contributed by atoms with Crippen LogP contribution >= 0.6 is 34.5 Å². The third-order valence-electron chi connectivity index (χ3n) is 1.61. The quantitative estimate of drug-likeness (QED) is 0.914. The number of hydrogen-bond acceptors (Lipinski definition) is 3. The molecule has 0 aliphatic rings. The first kappa shape index (κ1) is 12.3. The molecule has 1 amide bonds. The van der Waals surface area contributed by atoms with Crippen molar-refractivity contribution in [2.24, 2.45) is 0 Å². The Kier molecular flexibility index (Phi) is 3.96. The van der Waals surface area contributed by atoms with Gasteiger partial charge in [0.05, 0.1) is 9.90 Å². The summed E-state index contributed by atoms with van der Waals surface area (Å²) in [5, 5.41) is 8.50. The zero-order valence-electron chi connectivity index (χ0n) is 7.66. The van der Waals surface area contributed by atoms with Crippen molar-refractivity contribution in [3.8, 4) is 0 Å². The van der Waals surface area contributed by atoms with Crippen molar-refractivity contribution in [2.45, 2.75) is 0 Å². The molecule has 0 saturated heterocycles. The monoisotopic (exact) mass is 267 g/mol. The lowest BCUT2D eigenvalue weighted by molar-refractivity contribution is -0.137. The largest absolute Gasteiger partial charge is 0.480 e. The van der Waals surface area contributed by atoms with E-state index in [0.717, 1.165) is 16.2 Å². The average Bonchev–Trinajstić information content (AvgIpc) is 2.42. The molecule has 1 rings (SSSR count). The van der Waals surface area contributed by atoms with Crippen LogP contribution in [0, 0.1) is 0 Å². The molecule has 0 bridgehead atoms. The van der Waals surface area contributed by atoms with Gasteiger partial charge in [-0.05, 0) is 6.07 Å². The Balaban J connectivity index is 2.84. The molecule has 15 heavy (non-hydrogen) atoms. The molecule has 0 fully saturated rings. The molecule has 0 atom stereocenters. The lowest BCUT2D eigenvalue weighted by Gasteiger charge is -2.13. The normalized spacial score (nSPS) is 10.1. The minimum absolute atomic E-state index is 0.232. The Labute approximate surface area is 100 Å². The molecule has 82 valence electrons. The Hall–Kier alpha value is -0.780. The number of halogens is 2. The molecule has 1 aromatic heterocycles. The Morgan fingerprint density at radius 2 is 2.13 bits per heavy atom. The van der Waals surface area contributed by atoms with Crippen molar-refractivity contribution in [1.82, 2.24) is 4.90 Å². The lowest BCUT2D eigenvalue weighted by atomic mass is 10.3. The van der Waals surface area contributed by atoms with Gasteiger partial charge in [-0.2, -0.15) is 0 Å². The fourth-order valence-corrected chi connectivity index (χ4v) is 2.41. The minimum Gasteiger partial charge on any atom is -0.480 e. The number of thiophene rings is 1. The van der Waals surface area contributed by atoms with Gasteiger partial charge in [-0.1, -0.05) is 23.2 Å². The Bertz CT molecular complexity index is 405. The van der Waals surface area contributed by atoms with Crippen molar-refractivity contribution in [1.29, 1.82) is 0 Å². The minimum atomic E-state index is -1.08. The maximum absolute atomic E-state index is 11.6. The van der Waals surface area contributed by atoms with Crippen molar-refractivity contribution in [2.75, 3.05) is 13.6 Å². The van der Waals surface area contributed by atoms with Gasteiger partial charge in [0, 0.05) is 7.05 Å². The highest BCUT2D eigenvalue weighted by Crippen LogP contribution is 2.31. The number of aliphatic carboxylic acids is 1. The lowest BCUT2D eigenvalue weighted by Crippen LogP contribution is -2.31. The second kappa shape index (κ2) is 4.83. The van der Waals surface area contributed by atoms with Crippen LogP contribution in [0.1, 0.15) is 10.4 Å². The fourth-order valence-electron chi connectivity index (χ4n) is 0.966. The molecule has 1 N–H and O–H groups in total. The Morgan fingerprint density at radius 3 is 2.53 bits per heavy atom. The summed E-state index contributed by atoms with van der Waals surface area (Å²) in [5.74, 6) is -1.53. The van der Waals surface area contributed by atoms with Gasteiger partial charge in [-0.15, -0.1) is 11.3 Å². The van der Waals surface area contributed by atoms with E-state index in [-0.39, 0.29) is 16.4 Å². The molecule has 0 aromatic carbocycles. The second-order valence-electron chi connectivity index (χ2n) is 2.79. The fraction of sp³-hybridized carbons (Fsp3) is 0.250. The van der Waals surface area contributed by atoms with Crippen molar-refractivity contribution in [3.63, 3.8) is 0 Å². The zero-order chi connectivity index (χ0) is 11.6. The number of carbonyl (C=O) groups is 2. The number of rotatable bonds is 3. The number of nitrogens with zero attached hydrogens (tertiary/aromatic N) is 1. The van der Waals surface area contributed by atoms with Gasteiger partial charge < -0.3 is 10.0 Å². The van der Waals surface area contributed by atoms with Gasteiger partial charge in [0.15, 0.2) is 0 Å². The molecule has 0 aliphatic heterocycles.